The standard InChI is InChI=1S/C40H25N5/c1-40(2)32-19-16-25(42-3)22-30(32)28-17-18-29-26-9-4-7-12-34(26)45(39(29)38(28)40)37-14-8-13-36(43-37)44-33-11-6-5-10-27(33)31-21-24(23-41)15-20-35(31)44/h4-22H,1-2H3. The van der Waals surface area contributed by atoms with Crippen LogP contribution >= 0.6 is 0 Å². The topological polar surface area (TPSA) is 50.9 Å². The molecule has 0 fully saturated rings. The lowest BCUT2D eigenvalue weighted by molar-refractivity contribution is 0.664. The van der Waals surface area contributed by atoms with Crippen molar-refractivity contribution < 1.29 is 0 Å². The number of aromatic nitrogens is 3. The monoisotopic (exact) mass is 575 g/mol. The first-order valence-electron chi connectivity index (χ1n) is 15.0. The Bertz CT molecular complexity index is 2650. The van der Waals surface area contributed by atoms with Crippen LogP contribution in [0.3, 0.4) is 0 Å². The Hall–Kier alpha value is -6.17. The molecule has 0 unspecified atom stereocenters. The third kappa shape index (κ3) is 3.33. The Balaban J connectivity index is 1.36. The van der Waals surface area contributed by atoms with Gasteiger partial charge in [0.2, 0.25) is 0 Å². The SMILES string of the molecule is [C-]#[N+]c1ccc2c(c1)-c1ccc3c4ccccc4n(-c4cccc(-n5c6ccccc6c6cc(C#N)ccc65)n4)c3c1C2(C)C. The maximum absolute atomic E-state index is 9.61. The number of rotatable bonds is 2. The van der Waals surface area contributed by atoms with Crippen molar-refractivity contribution in [3.05, 3.63) is 143 Å². The summed E-state index contributed by atoms with van der Waals surface area (Å²) in [5.41, 5.74) is 10.1. The van der Waals surface area contributed by atoms with E-state index in [0.717, 1.165) is 50.0 Å². The molecule has 8 aromatic rings. The molecular formula is C40H25N5. The van der Waals surface area contributed by atoms with E-state index in [9.17, 15) is 5.26 Å². The lowest BCUT2D eigenvalue weighted by atomic mass is 9.81. The first-order chi connectivity index (χ1) is 22.0. The second-order valence-electron chi connectivity index (χ2n) is 12.3. The van der Waals surface area contributed by atoms with Crippen molar-refractivity contribution in [1.29, 1.82) is 5.26 Å². The normalized spacial score (nSPS) is 13.2. The van der Waals surface area contributed by atoms with E-state index in [0.29, 0.717) is 11.3 Å². The molecule has 5 heteroatoms. The van der Waals surface area contributed by atoms with Crippen LogP contribution in [0.2, 0.25) is 0 Å². The zero-order chi connectivity index (χ0) is 30.4. The molecule has 0 saturated carbocycles. The van der Waals surface area contributed by atoms with Crippen molar-refractivity contribution in [2.45, 2.75) is 19.3 Å². The molecule has 1 aliphatic rings. The molecule has 0 atom stereocenters. The molecule has 0 N–H and O–H groups in total. The van der Waals surface area contributed by atoms with Crippen molar-refractivity contribution in [1.82, 2.24) is 14.1 Å². The van der Waals surface area contributed by atoms with E-state index < -0.39 is 0 Å². The molecule has 1 aliphatic carbocycles. The number of fused-ring (bicyclic) bond motifs is 10. The van der Waals surface area contributed by atoms with Crippen LogP contribution in [0.25, 0.3) is 71.2 Å². The van der Waals surface area contributed by atoms with Crippen molar-refractivity contribution >= 4 is 49.3 Å². The van der Waals surface area contributed by atoms with Crippen molar-refractivity contribution in [3.8, 4) is 28.8 Å². The predicted molar refractivity (Wildman–Crippen MR) is 181 cm³/mol. The molecule has 5 nitrogen and oxygen atoms in total. The van der Waals surface area contributed by atoms with Gasteiger partial charge in [0, 0.05) is 27.0 Å². The molecule has 210 valence electrons. The van der Waals surface area contributed by atoms with Gasteiger partial charge in [-0.2, -0.15) is 5.26 Å². The van der Waals surface area contributed by atoms with Gasteiger partial charge in [0.05, 0.1) is 40.3 Å². The van der Waals surface area contributed by atoms with E-state index in [1.54, 1.807) is 0 Å². The highest BCUT2D eigenvalue weighted by molar-refractivity contribution is 6.13. The Kier molecular flexibility index (Phi) is 5.03. The Morgan fingerprint density at radius 2 is 1.36 bits per heavy atom. The van der Waals surface area contributed by atoms with Gasteiger partial charge in [-0.25, -0.2) is 9.83 Å². The minimum atomic E-state index is -0.278. The molecule has 9 rings (SSSR count). The molecule has 0 spiro atoms. The fraction of sp³-hybridized carbons (Fsp3) is 0.0750. The maximum Gasteiger partial charge on any atom is 0.187 e. The number of pyridine rings is 1. The largest absolute Gasteiger partial charge is 0.294 e. The molecule has 0 radical (unpaired) electrons. The fourth-order valence-corrected chi connectivity index (χ4v) is 7.61. The summed E-state index contributed by atoms with van der Waals surface area (Å²) in [6, 6.07) is 41.8. The lowest BCUT2D eigenvalue weighted by Gasteiger charge is -2.23. The summed E-state index contributed by atoms with van der Waals surface area (Å²) in [6.45, 7) is 12.2. The Morgan fingerprint density at radius 3 is 2.11 bits per heavy atom. The van der Waals surface area contributed by atoms with Gasteiger partial charge in [0.1, 0.15) is 11.6 Å². The second-order valence-corrected chi connectivity index (χ2v) is 12.3. The third-order valence-electron chi connectivity index (χ3n) is 9.54. The van der Waals surface area contributed by atoms with Gasteiger partial charge in [0.15, 0.2) is 5.69 Å². The summed E-state index contributed by atoms with van der Waals surface area (Å²) in [4.78, 5) is 9.11. The first-order valence-corrected chi connectivity index (χ1v) is 15.0. The number of nitriles is 1. The molecule has 45 heavy (non-hydrogen) atoms. The highest BCUT2D eigenvalue weighted by Crippen LogP contribution is 2.53. The second kappa shape index (κ2) is 8.92. The van der Waals surface area contributed by atoms with Crippen LogP contribution < -0.4 is 0 Å². The van der Waals surface area contributed by atoms with Gasteiger partial charge in [0.25, 0.3) is 0 Å². The van der Waals surface area contributed by atoms with E-state index in [2.05, 4.69) is 107 Å². The third-order valence-corrected chi connectivity index (χ3v) is 9.54. The van der Waals surface area contributed by atoms with E-state index in [1.807, 2.05) is 42.5 Å². The van der Waals surface area contributed by atoms with Crippen LogP contribution in [0.5, 0.6) is 0 Å². The molecule has 0 bridgehead atoms. The summed E-state index contributed by atoms with van der Waals surface area (Å²) in [5.74, 6) is 1.64. The zero-order valence-corrected chi connectivity index (χ0v) is 24.7. The highest BCUT2D eigenvalue weighted by atomic mass is 15.1. The Labute approximate surface area is 259 Å². The van der Waals surface area contributed by atoms with Crippen LogP contribution in [-0.4, -0.2) is 14.1 Å². The maximum atomic E-state index is 9.61. The Morgan fingerprint density at radius 1 is 0.667 bits per heavy atom. The number of hydrogen-bond acceptors (Lipinski definition) is 2. The minimum Gasteiger partial charge on any atom is -0.294 e. The molecule has 3 heterocycles. The smallest absolute Gasteiger partial charge is 0.187 e. The van der Waals surface area contributed by atoms with E-state index in [1.165, 1.54) is 27.5 Å². The van der Waals surface area contributed by atoms with Gasteiger partial charge in [-0.1, -0.05) is 80.6 Å². The average molecular weight is 576 g/mol. The van der Waals surface area contributed by atoms with Crippen molar-refractivity contribution in [2.75, 3.05) is 0 Å². The van der Waals surface area contributed by atoms with Gasteiger partial charge >= 0.3 is 0 Å². The van der Waals surface area contributed by atoms with E-state index in [-0.39, 0.29) is 5.41 Å². The van der Waals surface area contributed by atoms with Crippen LogP contribution in [0.1, 0.15) is 30.5 Å². The van der Waals surface area contributed by atoms with Gasteiger partial charge in [-0.05, 0) is 70.8 Å². The summed E-state index contributed by atoms with van der Waals surface area (Å²) in [5, 5.41) is 14.1. The number of para-hydroxylation sites is 2. The predicted octanol–water partition coefficient (Wildman–Crippen LogP) is 10.0. The molecule has 3 aromatic heterocycles. The molecule has 0 amide bonds. The average Bonchev–Trinajstić information content (AvgIpc) is 3.67. The lowest BCUT2D eigenvalue weighted by Crippen LogP contribution is -2.16. The van der Waals surface area contributed by atoms with Crippen molar-refractivity contribution in [3.63, 3.8) is 0 Å². The van der Waals surface area contributed by atoms with Crippen LogP contribution in [-0.2, 0) is 5.41 Å². The highest BCUT2D eigenvalue weighted by Gasteiger charge is 2.38. The summed E-state index contributed by atoms with van der Waals surface area (Å²) >= 11 is 0. The van der Waals surface area contributed by atoms with Gasteiger partial charge in [-0.3, -0.25) is 9.13 Å². The van der Waals surface area contributed by atoms with Gasteiger partial charge < -0.3 is 0 Å². The first kappa shape index (κ1) is 25.3. The minimum absolute atomic E-state index is 0.278. The van der Waals surface area contributed by atoms with Crippen LogP contribution in [0, 0.1) is 17.9 Å². The number of hydrogen-bond donors (Lipinski definition) is 0. The van der Waals surface area contributed by atoms with Crippen LogP contribution in [0.4, 0.5) is 5.69 Å². The molecule has 5 aromatic carbocycles. The summed E-state index contributed by atoms with van der Waals surface area (Å²) < 4.78 is 4.51. The number of nitrogens with zero attached hydrogens (tertiary/aromatic N) is 5. The van der Waals surface area contributed by atoms with Gasteiger partial charge in [-0.15, -0.1) is 0 Å². The number of benzene rings is 5. The van der Waals surface area contributed by atoms with E-state index >= 15 is 0 Å². The molecule has 0 aliphatic heterocycles. The molecular weight excluding hydrogens is 550 g/mol. The summed E-state index contributed by atoms with van der Waals surface area (Å²) in [6.07, 6.45) is 0. The fourth-order valence-electron chi connectivity index (χ4n) is 7.61. The van der Waals surface area contributed by atoms with E-state index in [4.69, 9.17) is 11.6 Å². The van der Waals surface area contributed by atoms with Crippen molar-refractivity contribution in [2.24, 2.45) is 0 Å². The molecule has 0 saturated heterocycles. The van der Waals surface area contributed by atoms with Crippen LogP contribution in [0.15, 0.2) is 115 Å². The summed E-state index contributed by atoms with van der Waals surface area (Å²) in [7, 11) is 0. The quantitative estimate of drug-likeness (QED) is 0.193. The zero-order valence-electron chi connectivity index (χ0n) is 24.7.